The van der Waals surface area contributed by atoms with Gasteiger partial charge in [0.25, 0.3) is 0 Å². The van der Waals surface area contributed by atoms with Crippen molar-refractivity contribution in [2.45, 2.75) is 41.0 Å². The predicted octanol–water partition coefficient (Wildman–Crippen LogP) is 3.32. The molecule has 0 aromatic heterocycles. The molecule has 0 aromatic rings. The van der Waals surface area contributed by atoms with Crippen LogP contribution in [-0.2, 0) is 0 Å². The van der Waals surface area contributed by atoms with Crippen LogP contribution in [0, 0.1) is 28.6 Å². The largest absolute Gasteiger partial charge is 0.0648 e. The van der Waals surface area contributed by atoms with Crippen LogP contribution in [-0.4, -0.2) is 0 Å². The average Bonchev–Trinajstić information content (AvgIpc) is 2.47. The van der Waals surface area contributed by atoms with Crippen LogP contribution in [0.1, 0.15) is 41.0 Å². The van der Waals surface area contributed by atoms with Gasteiger partial charge in [-0.2, -0.15) is 0 Å². The molecule has 64 valence electrons. The Hall–Kier alpha value is 0. The van der Waals surface area contributed by atoms with Crippen LogP contribution in [0.3, 0.4) is 0 Å². The minimum Gasteiger partial charge on any atom is -0.0648 e. The molecule has 5 unspecified atom stereocenters. The zero-order valence-electron chi connectivity index (χ0n) is 8.44. The molecule has 2 aliphatic carbocycles. The first kappa shape index (κ1) is 7.64. The van der Waals surface area contributed by atoms with Crippen LogP contribution in [0.5, 0.6) is 0 Å². The van der Waals surface area contributed by atoms with Gasteiger partial charge in [-0.25, -0.2) is 0 Å². The molecule has 2 saturated carbocycles. The maximum Gasteiger partial charge on any atom is -0.0181 e. The smallest absolute Gasteiger partial charge is 0.0181 e. The topological polar surface area (TPSA) is 0 Å². The minimum absolute atomic E-state index is 0.723. The Morgan fingerprint density at radius 1 is 1.09 bits per heavy atom. The lowest BCUT2D eigenvalue weighted by Gasteiger charge is -2.46. The SMILES string of the molecule is CCC12C(C)C(C)C1(C)C2C. The predicted molar refractivity (Wildman–Crippen MR) is 48.3 cm³/mol. The second-order valence-electron chi connectivity index (χ2n) is 4.98. The Labute approximate surface area is 70.4 Å². The molecule has 0 heterocycles. The molecule has 0 nitrogen and oxygen atoms in total. The van der Waals surface area contributed by atoms with Crippen molar-refractivity contribution in [2.24, 2.45) is 28.6 Å². The van der Waals surface area contributed by atoms with Gasteiger partial charge in [-0.1, -0.05) is 34.6 Å². The molecular formula is C11H20. The van der Waals surface area contributed by atoms with E-state index in [-0.39, 0.29) is 0 Å². The van der Waals surface area contributed by atoms with Crippen molar-refractivity contribution in [2.75, 3.05) is 0 Å². The second-order valence-corrected chi connectivity index (χ2v) is 4.98. The molecule has 5 atom stereocenters. The van der Waals surface area contributed by atoms with E-state index in [0.717, 1.165) is 28.6 Å². The van der Waals surface area contributed by atoms with Crippen molar-refractivity contribution >= 4 is 0 Å². The Balaban J connectivity index is 2.29. The Morgan fingerprint density at radius 2 is 1.64 bits per heavy atom. The van der Waals surface area contributed by atoms with Crippen molar-refractivity contribution < 1.29 is 0 Å². The first-order valence-corrected chi connectivity index (χ1v) is 5.03. The third-order valence-corrected chi connectivity index (χ3v) is 5.69. The summed E-state index contributed by atoms with van der Waals surface area (Å²) >= 11 is 0. The maximum atomic E-state index is 2.49. The van der Waals surface area contributed by atoms with Gasteiger partial charge >= 0.3 is 0 Å². The summed E-state index contributed by atoms with van der Waals surface area (Å²) in [5, 5.41) is 0. The monoisotopic (exact) mass is 152 g/mol. The van der Waals surface area contributed by atoms with E-state index in [4.69, 9.17) is 0 Å². The summed E-state index contributed by atoms with van der Waals surface area (Å²) in [7, 11) is 0. The summed E-state index contributed by atoms with van der Waals surface area (Å²) in [6.45, 7) is 12.2. The molecule has 0 bridgehead atoms. The zero-order chi connectivity index (χ0) is 8.44. The Morgan fingerprint density at radius 3 is 1.82 bits per heavy atom. The van der Waals surface area contributed by atoms with E-state index in [9.17, 15) is 0 Å². The number of hydrogen-bond acceptors (Lipinski definition) is 0. The highest BCUT2D eigenvalue weighted by Crippen LogP contribution is 2.87. The lowest BCUT2D eigenvalue weighted by molar-refractivity contribution is 0.0131. The zero-order valence-corrected chi connectivity index (χ0v) is 8.44. The van der Waals surface area contributed by atoms with Crippen molar-refractivity contribution in [3.63, 3.8) is 0 Å². The van der Waals surface area contributed by atoms with Gasteiger partial charge in [0.2, 0.25) is 0 Å². The van der Waals surface area contributed by atoms with Gasteiger partial charge in [0, 0.05) is 0 Å². The van der Waals surface area contributed by atoms with Crippen molar-refractivity contribution in [3.05, 3.63) is 0 Å². The summed E-state index contributed by atoms with van der Waals surface area (Å²) in [5.74, 6) is 2.94. The minimum atomic E-state index is 0.723. The molecule has 0 aliphatic heterocycles. The molecule has 2 fully saturated rings. The van der Waals surface area contributed by atoms with E-state index in [1.54, 1.807) is 0 Å². The van der Waals surface area contributed by atoms with E-state index in [1.165, 1.54) is 6.42 Å². The second kappa shape index (κ2) is 1.67. The summed E-state index contributed by atoms with van der Waals surface area (Å²) in [5.41, 5.74) is 1.48. The van der Waals surface area contributed by atoms with Gasteiger partial charge in [-0.3, -0.25) is 0 Å². The van der Waals surface area contributed by atoms with Crippen LogP contribution in [0.15, 0.2) is 0 Å². The lowest BCUT2D eigenvalue weighted by Crippen LogP contribution is -2.41. The molecular weight excluding hydrogens is 132 g/mol. The summed E-state index contributed by atoms with van der Waals surface area (Å²) in [4.78, 5) is 0. The van der Waals surface area contributed by atoms with E-state index < -0.39 is 0 Å². The first-order chi connectivity index (χ1) is 5.03. The van der Waals surface area contributed by atoms with Crippen LogP contribution < -0.4 is 0 Å². The van der Waals surface area contributed by atoms with Gasteiger partial charge in [0.05, 0.1) is 0 Å². The molecule has 0 amide bonds. The first-order valence-electron chi connectivity index (χ1n) is 5.03. The van der Waals surface area contributed by atoms with Crippen molar-refractivity contribution in [3.8, 4) is 0 Å². The standard InChI is InChI=1S/C11H20/c1-6-11-8(3)7(2)10(11,5)9(11)4/h7-9H,6H2,1-5H3. The fraction of sp³-hybridized carbons (Fsp3) is 1.00. The van der Waals surface area contributed by atoms with Crippen LogP contribution in [0.25, 0.3) is 0 Å². The fourth-order valence-electron chi connectivity index (χ4n) is 4.58. The highest BCUT2D eigenvalue weighted by Gasteiger charge is 2.82. The molecule has 11 heavy (non-hydrogen) atoms. The van der Waals surface area contributed by atoms with Gasteiger partial charge in [-0.15, -0.1) is 0 Å². The molecule has 2 aliphatic rings. The molecule has 0 spiro atoms. The van der Waals surface area contributed by atoms with E-state index in [2.05, 4.69) is 34.6 Å². The van der Waals surface area contributed by atoms with E-state index >= 15 is 0 Å². The quantitative estimate of drug-likeness (QED) is 0.540. The lowest BCUT2D eigenvalue weighted by atomic mass is 9.58. The number of rotatable bonds is 1. The van der Waals surface area contributed by atoms with Crippen molar-refractivity contribution in [1.82, 2.24) is 0 Å². The van der Waals surface area contributed by atoms with E-state index in [1.807, 2.05) is 0 Å². The number of hydrogen-bond donors (Lipinski definition) is 0. The molecule has 0 saturated heterocycles. The third kappa shape index (κ3) is 0.443. The fourth-order valence-corrected chi connectivity index (χ4v) is 4.58. The third-order valence-electron chi connectivity index (χ3n) is 5.69. The van der Waals surface area contributed by atoms with Crippen LogP contribution >= 0.6 is 0 Å². The number of fused-ring (bicyclic) bond motifs is 1. The average molecular weight is 152 g/mol. The van der Waals surface area contributed by atoms with Crippen LogP contribution in [0.4, 0.5) is 0 Å². The Kier molecular flexibility index (Phi) is 1.16. The molecule has 0 N–H and O–H groups in total. The molecule has 0 aromatic carbocycles. The highest BCUT2D eigenvalue weighted by molar-refractivity contribution is 5.29. The molecule has 0 radical (unpaired) electrons. The van der Waals surface area contributed by atoms with Gasteiger partial charge in [0.1, 0.15) is 0 Å². The highest BCUT2D eigenvalue weighted by atomic mass is 14.9. The summed E-state index contributed by atoms with van der Waals surface area (Å²) in [6, 6.07) is 0. The maximum absolute atomic E-state index is 2.49. The van der Waals surface area contributed by atoms with Gasteiger partial charge < -0.3 is 0 Å². The molecule has 2 rings (SSSR count). The summed E-state index contributed by atoms with van der Waals surface area (Å²) < 4.78 is 0. The molecule has 0 heteroatoms. The van der Waals surface area contributed by atoms with Crippen molar-refractivity contribution in [1.29, 1.82) is 0 Å². The van der Waals surface area contributed by atoms with Crippen LogP contribution in [0.2, 0.25) is 0 Å². The van der Waals surface area contributed by atoms with Gasteiger partial charge in [0.15, 0.2) is 0 Å². The Bertz CT molecular complexity index is 190. The summed E-state index contributed by atoms with van der Waals surface area (Å²) in [6.07, 6.45) is 1.40. The normalized spacial score (nSPS) is 66.8. The van der Waals surface area contributed by atoms with Gasteiger partial charge in [-0.05, 0) is 35.0 Å². The van der Waals surface area contributed by atoms with E-state index in [0.29, 0.717) is 0 Å².